The van der Waals surface area contributed by atoms with Crippen LogP contribution in [0.15, 0.2) is 24.3 Å². The molecular weight excluding hydrogens is 516 g/mol. The Balaban J connectivity index is 1.26. The van der Waals surface area contributed by atoms with Crippen molar-refractivity contribution in [3.05, 3.63) is 57.6 Å². The molecule has 0 aromatic heterocycles. The Morgan fingerprint density at radius 1 is 0.634 bits per heavy atom. The van der Waals surface area contributed by atoms with Gasteiger partial charge in [0.2, 0.25) is 0 Å². The molecule has 0 radical (unpaired) electrons. The molecule has 0 bridgehead atoms. The van der Waals surface area contributed by atoms with Gasteiger partial charge < -0.3 is 29.2 Å². The van der Waals surface area contributed by atoms with Crippen LogP contribution in [-0.2, 0) is 55.5 Å². The third-order valence-electron chi connectivity index (χ3n) is 8.51. The average molecular weight is 569 g/mol. The third kappa shape index (κ3) is 7.64. The second-order valence-corrected chi connectivity index (χ2v) is 14.2. The highest BCUT2D eigenvalue weighted by molar-refractivity contribution is 5.48. The summed E-state index contributed by atoms with van der Waals surface area (Å²) in [6, 6.07) is 8.49. The first kappa shape index (κ1) is 31.8. The van der Waals surface area contributed by atoms with E-state index in [9.17, 15) is 10.2 Å². The number of hydrogen-bond donors (Lipinski definition) is 2. The van der Waals surface area contributed by atoms with E-state index >= 15 is 0 Å². The number of ether oxygens (including phenoxy) is 4. The maximum absolute atomic E-state index is 10.7. The van der Waals surface area contributed by atoms with Crippen molar-refractivity contribution in [2.75, 3.05) is 26.4 Å². The van der Waals surface area contributed by atoms with Gasteiger partial charge in [0.1, 0.15) is 11.5 Å². The van der Waals surface area contributed by atoms with Crippen LogP contribution in [0.4, 0.5) is 0 Å². The number of phenols is 2. The van der Waals surface area contributed by atoms with Gasteiger partial charge in [0.05, 0.1) is 31.8 Å². The highest BCUT2D eigenvalue weighted by Gasteiger charge is 2.42. The lowest BCUT2D eigenvalue weighted by Gasteiger charge is -2.43. The van der Waals surface area contributed by atoms with E-state index < -0.39 is 0 Å². The van der Waals surface area contributed by atoms with Crippen LogP contribution in [0.1, 0.15) is 102 Å². The third-order valence-corrected chi connectivity index (χ3v) is 8.51. The van der Waals surface area contributed by atoms with E-state index in [-0.39, 0.29) is 28.8 Å². The minimum absolute atomic E-state index is 0.120. The van der Waals surface area contributed by atoms with Crippen LogP contribution in [0.5, 0.6) is 11.5 Å². The monoisotopic (exact) mass is 568 g/mol. The number of phenolic OH excluding ortho intramolecular Hbond substituents is 2. The van der Waals surface area contributed by atoms with Crippen molar-refractivity contribution in [1.29, 1.82) is 0 Å². The first-order valence-corrected chi connectivity index (χ1v) is 15.4. The minimum atomic E-state index is -0.270. The smallest absolute Gasteiger partial charge is 0.157 e. The van der Waals surface area contributed by atoms with E-state index in [2.05, 4.69) is 79.7 Å². The first-order valence-electron chi connectivity index (χ1n) is 15.4. The molecule has 0 saturated carbocycles. The zero-order chi connectivity index (χ0) is 30.0. The molecule has 2 fully saturated rings. The molecule has 2 N–H and O–H groups in total. The highest BCUT2D eigenvalue weighted by atomic mass is 16.7. The fraction of sp³-hybridized carbons (Fsp3) is 0.657. The van der Waals surface area contributed by atoms with Crippen molar-refractivity contribution in [1.82, 2.24) is 0 Å². The second-order valence-electron chi connectivity index (χ2n) is 14.2. The predicted molar refractivity (Wildman–Crippen MR) is 163 cm³/mol. The Kier molecular flexibility index (Phi) is 9.80. The molecular formula is C35H52O6. The molecule has 0 aliphatic carbocycles. The number of aromatic hydroxyl groups is 2. The maximum Gasteiger partial charge on any atom is 0.157 e. The van der Waals surface area contributed by atoms with Crippen molar-refractivity contribution < 1.29 is 29.2 Å². The summed E-state index contributed by atoms with van der Waals surface area (Å²) >= 11 is 0. The van der Waals surface area contributed by atoms with Gasteiger partial charge in [0.25, 0.3) is 0 Å². The summed E-state index contributed by atoms with van der Waals surface area (Å²) in [5.41, 5.74) is 5.88. The molecule has 0 unspecified atom stereocenters. The number of benzene rings is 2. The molecule has 2 aliphatic rings. The Morgan fingerprint density at radius 3 is 1.27 bits per heavy atom. The van der Waals surface area contributed by atoms with Crippen LogP contribution < -0.4 is 0 Å². The largest absolute Gasteiger partial charge is 0.507 e. The van der Waals surface area contributed by atoms with E-state index in [1.807, 2.05) is 0 Å². The Morgan fingerprint density at radius 2 is 0.976 bits per heavy atom. The lowest BCUT2D eigenvalue weighted by Crippen LogP contribution is -2.52. The van der Waals surface area contributed by atoms with Gasteiger partial charge in [-0.15, -0.1) is 0 Å². The SMILES string of the molecule is CCc1cc(CCC2OCC3(CO2)COC(CCc2cc(CC)c(O)c(C(C)(C)C)c2)OC3)cc(C(C)(C)C)c1O. The van der Waals surface area contributed by atoms with E-state index in [0.717, 1.165) is 60.8 Å². The average Bonchev–Trinajstić information content (AvgIpc) is 2.92. The summed E-state index contributed by atoms with van der Waals surface area (Å²) in [6.07, 6.45) is 4.28. The number of hydrogen-bond acceptors (Lipinski definition) is 6. The molecule has 6 nitrogen and oxygen atoms in total. The maximum atomic E-state index is 10.7. The Hall–Kier alpha value is -2.12. The molecule has 0 amide bonds. The number of rotatable bonds is 8. The molecule has 2 aromatic rings. The molecule has 6 heteroatoms. The standard InChI is InChI=1S/C35H52O6/c1-9-25-15-23(17-27(31(25)36)33(3,4)5)11-13-29-38-19-35(20-39-29)21-40-30(41-22-35)14-12-24-16-26(10-2)32(37)28(18-24)34(6,7)8/h15-18,29-30,36-37H,9-14,19-22H2,1-8H3. The van der Waals surface area contributed by atoms with Crippen molar-refractivity contribution in [3.8, 4) is 11.5 Å². The van der Waals surface area contributed by atoms with Crippen molar-refractivity contribution in [2.24, 2.45) is 5.41 Å². The summed E-state index contributed by atoms with van der Waals surface area (Å²) in [6.45, 7) is 19.2. The molecule has 2 saturated heterocycles. The van der Waals surface area contributed by atoms with Crippen molar-refractivity contribution >= 4 is 0 Å². The van der Waals surface area contributed by atoms with E-state index in [0.29, 0.717) is 37.9 Å². The van der Waals surface area contributed by atoms with Gasteiger partial charge in [0, 0.05) is 12.8 Å². The fourth-order valence-electron chi connectivity index (χ4n) is 5.82. The van der Waals surface area contributed by atoms with Crippen molar-refractivity contribution in [3.63, 3.8) is 0 Å². The summed E-state index contributed by atoms with van der Waals surface area (Å²) < 4.78 is 24.6. The van der Waals surface area contributed by atoms with Gasteiger partial charge in [-0.3, -0.25) is 0 Å². The first-order chi connectivity index (χ1) is 19.2. The van der Waals surface area contributed by atoms with E-state index in [1.54, 1.807) is 0 Å². The van der Waals surface area contributed by atoms with Crippen LogP contribution in [0.25, 0.3) is 0 Å². The summed E-state index contributed by atoms with van der Waals surface area (Å²) in [4.78, 5) is 0. The molecule has 41 heavy (non-hydrogen) atoms. The van der Waals surface area contributed by atoms with Gasteiger partial charge in [-0.1, -0.05) is 79.7 Å². The van der Waals surface area contributed by atoms with Gasteiger partial charge in [-0.05, 0) is 69.9 Å². The molecule has 4 rings (SSSR count). The molecule has 228 valence electrons. The minimum Gasteiger partial charge on any atom is -0.507 e. The molecule has 2 aromatic carbocycles. The zero-order valence-electron chi connectivity index (χ0n) is 26.6. The van der Waals surface area contributed by atoms with Gasteiger partial charge in [0.15, 0.2) is 12.6 Å². The molecule has 2 aliphatic heterocycles. The van der Waals surface area contributed by atoms with Gasteiger partial charge in [-0.25, -0.2) is 0 Å². The zero-order valence-corrected chi connectivity index (χ0v) is 26.6. The van der Waals surface area contributed by atoms with Crippen LogP contribution >= 0.6 is 0 Å². The highest BCUT2D eigenvalue weighted by Crippen LogP contribution is 2.37. The van der Waals surface area contributed by atoms with Gasteiger partial charge in [-0.2, -0.15) is 0 Å². The summed E-state index contributed by atoms with van der Waals surface area (Å²) in [5.74, 6) is 0.852. The van der Waals surface area contributed by atoms with Crippen molar-refractivity contribution in [2.45, 2.75) is 117 Å². The molecule has 1 spiro atoms. The lowest BCUT2D eigenvalue weighted by molar-refractivity contribution is -0.303. The second kappa shape index (κ2) is 12.6. The normalized spacial score (nSPS) is 23.7. The van der Waals surface area contributed by atoms with Gasteiger partial charge >= 0.3 is 0 Å². The van der Waals surface area contributed by atoms with Crippen LogP contribution in [0.3, 0.4) is 0 Å². The predicted octanol–water partition coefficient (Wildman–Crippen LogP) is 7.12. The summed E-state index contributed by atoms with van der Waals surface area (Å²) in [5, 5.41) is 21.4. The molecule has 0 atom stereocenters. The van der Waals surface area contributed by atoms with Crippen LogP contribution in [0.2, 0.25) is 0 Å². The Labute approximate surface area is 247 Å². The van der Waals surface area contributed by atoms with Crippen LogP contribution in [-0.4, -0.2) is 49.2 Å². The lowest BCUT2D eigenvalue weighted by atomic mass is 9.83. The number of aryl methyl sites for hydroxylation is 4. The van der Waals surface area contributed by atoms with E-state index in [1.165, 1.54) is 11.1 Å². The van der Waals surface area contributed by atoms with Crippen LogP contribution in [0, 0.1) is 5.41 Å². The fourth-order valence-corrected chi connectivity index (χ4v) is 5.82. The summed E-state index contributed by atoms with van der Waals surface area (Å²) in [7, 11) is 0. The topological polar surface area (TPSA) is 77.4 Å². The Bertz CT molecular complexity index is 1080. The molecule has 2 heterocycles. The van der Waals surface area contributed by atoms with E-state index in [4.69, 9.17) is 18.9 Å². The quantitative estimate of drug-likeness (QED) is 0.353.